The second kappa shape index (κ2) is 7.76. The molecule has 0 amide bonds. The van der Waals surface area contributed by atoms with E-state index in [2.05, 4.69) is 83.4 Å². The summed E-state index contributed by atoms with van der Waals surface area (Å²) in [6.45, 7) is 0. The number of furan rings is 1. The summed E-state index contributed by atoms with van der Waals surface area (Å²) in [6.07, 6.45) is 0. The van der Waals surface area contributed by atoms with E-state index < -0.39 is 0 Å². The highest BCUT2D eigenvalue weighted by Gasteiger charge is 2.22. The lowest BCUT2D eigenvalue weighted by atomic mass is 10.1. The first-order valence-corrected chi connectivity index (χ1v) is 13.8. The zero-order chi connectivity index (χ0) is 25.5. The van der Waals surface area contributed by atoms with E-state index in [1.807, 2.05) is 47.7 Å². The molecule has 4 nitrogen and oxygen atoms in total. The molecule has 39 heavy (non-hydrogen) atoms. The van der Waals surface area contributed by atoms with Gasteiger partial charge in [-0.25, -0.2) is 9.97 Å². The van der Waals surface area contributed by atoms with E-state index in [9.17, 15) is 0 Å². The minimum Gasteiger partial charge on any atom is -0.452 e. The smallest absolute Gasteiger partial charge is 0.236 e. The standard InChI is InChI=1S/C34H19N3OS/c1-2-10-20(11-3-1)30-32-31(24-14-5-8-16-27(24)38-32)36-34(35-30)37-25-15-7-4-13-23(25)29-26(37)19-18-22-21-12-6-9-17-28(21)39-33(22)29/h1-19H. The molecule has 0 unspecified atom stereocenters. The first-order valence-electron chi connectivity index (χ1n) is 12.9. The Hall–Kier alpha value is -5.00. The van der Waals surface area contributed by atoms with Crippen LogP contribution in [0.15, 0.2) is 120 Å². The van der Waals surface area contributed by atoms with Crippen LogP contribution in [0.3, 0.4) is 0 Å². The Labute approximate surface area is 226 Å². The van der Waals surface area contributed by atoms with Crippen LogP contribution >= 0.6 is 11.3 Å². The number of nitrogens with zero attached hydrogens (tertiary/aromatic N) is 3. The number of benzene rings is 5. The number of para-hydroxylation sites is 2. The molecule has 0 aliphatic rings. The Bertz CT molecular complexity index is 2400. The highest BCUT2D eigenvalue weighted by Crippen LogP contribution is 2.43. The molecule has 0 spiro atoms. The van der Waals surface area contributed by atoms with Crippen LogP contribution in [0.1, 0.15) is 0 Å². The monoisotopic (exact) mass is 517 g/mol. The Morgan fingerprint density at radius 2 is 1.33 bits per heavy atom. The van der Waals surface area contributed by atoms with Gasteiger partial charge in [-0.3, -0.25) is 4.57 Å². The summed E-state index contributed by atoms with van der Waals surface area (Å²) < 4.78 is 11.1. The molecular weight excluding hydrogens is 498 g/mol. The number of thiophene rings is 1. The van der Waals surface area contributed by atoms with Gasteiger partial charge in [-0.1, -0.05) is 84.9 Å². The third kappa shape index (κ3) is 2.88. The molecule has 5 aromatic carbocycles. The molecule has 0 aliphatic carbocycles. The van der Waals surface area contributed by atoms with Crippen molar-refractivity contribution in [3.05, 3.63) is 115 Å². The molecule has 0 fully saturated rings. The van der Waals surface area contributed by atoms with Crippen molar-refractivity contribution in [2.45, 2.75) is 0 Å². The molecule has 4 heterocycles. The molecule has 0 saturated carbocycles. The van der Waals surface area contributed by atoms with E-state index >= 15 is 0 Å². The summed E-state index contributed by atoms with van der Waals surface area (Å²) in [4.78, 5) is 10.4. The van der Waals surface area contributed by atoms with Crippen LogP contribution in [0.2, 0.25) is 0 Å². The number of fused-ring (bicyclic) bond motifs is 10. The maximum atomic E-state index is 6.34. The van der Waals surface area contributed by atoms with Crippen molar-refractivity contribution in [1.29, 1.82) is 0 Å². The largest absolute Gasteiger partial charge is 0.452 e. The van der Waals surface area contributed by atoms with Gasteiger partial charge in [0.2, 0.25) is 5.95 Å². The lowest BCUT2D eigenvalue weighted by Gasteiger charge is -2.09. The van der Waals surface area contributed by atoms with Crippen LogP contribution in [-0.4, -0.2) is 14.5 Å². The second-order valence-corrected chi connectivity index (χ2v) is 10.9. The Kier molecular flexibility index (Phi) is 4.18. The molecule has 0 bridgehead atoms. The van der Waals surface area contributed by atoms with E-state index in [-0.39, 0.29) is 0 Å². The summed E-state index contributed by atoms with van der Waals surface area (Å²) in [7, 11) is 0. The van der Waals surface area contributed by atoms with Crippen molar-refractivity contribution in [3.63, 3.8) is 0 Å². The van der Waals surface area contributed by atoms with Gasteiger partial charge >= 0.3 is 0 Å². The van der Waals surface area contributed by atoms with E-state index in [4.69, 9.17) is 14.4 Å². The predicted molar refractivity (Wildman–Crippen MR) is 162 cm³/mol. The van der Waals surface area contributed by atoms with Gasteiger partial charge in [-0.15, -0.1) is 11.3 Å². The fourth-order valence-corrected chi connectivity index (χ4v) is 7.18. The summed E-state index contributed by atoms with van der Waals surface area (Å²) >= 11 is 1.85. The average Bonchev–Trinajstić information content (AvgIpc) is 3.66. The topological polar surface area (TPSA) is 43.9 Å². The maximum absolute atomic E-state index is 6.34. The van der Waals surface area contributed by atoms with Gasteiger partial charge in [0, 0.05) is 41.9 Å². The molecule has 182 valence electrons. The minimum absolute atomic E-state index is 0.638. The van der Waals surface area contributed by atoms with Gasteiger partial charge in [0.05, 0.1) is 11.0 Å². The van der Waals surface area contributed by atoms with Crippen molar-refractivity contribution < 1.29 is 4.42 Å². The maximum Gasteiger partial charge on any atom is 0.236 e. The van der Waals surface area contributed by atoms with Crippen molar-refractivity contribution >= 4 is 75.4 Å². The van der Waals surface area contributed by atoms with Crippen LogP contribution in [0.4, 0.5) is 0 Å². The number of aromatic nitrogens is 3. The zero-order valence-electron chi connectivity index (χ0n) is 20.6. The van der Waals surface area contributed by atoms with E-state index in [1.54, 1.807) is 0 Å². The van der Waals surface area contributed by atoms with Gasteiger partial charge in [0.15, 0.2) is 5.58 Å². The minimum atomic E-state index is 0.638. The third-order valence-electron chi connectivity index (χ3n) is 7.64. The quantitative estimate of drug-likeness (QED) is 0.229. The zero-order valence-corrected chi connectivity index (χ0v) is 21.4. The fourth-order valence-electron chi connectivity index (χ4n) is 5.92. The molecule has 0 aliphatic heterocycles. The third-order valence-corrected chi connectivity index (χ3v) is 8.84. The Balaban J connectivity index is 1.46. The molecule has 9 rings (SSSR count). The summed E-state index contributed by atoms with van der Waals surface area (Å²) in [5.74, 6) is 0.638. The number of hydrogen-bond acceptors (Lipinski definition) is 4. The summed E-state index contributed by atoms with van der Waals surface area (Å²) in [6, 6.07) is 40.0. The van der Waals surface area contributed by atoms with Crippen LogP contribution in [0, 0.1) is 0 Å². The van der Waals surface area contributed by atoms with Crippen LogP contribution in [-0.2, 0) is 0 Å². The van der Waals surface area contributed by atoms with Gasteiger partial charge in [0.25, 0.3) is 0 Å². The first-order chi connectivity index (χ1) is 19.3. The van der Waals surface area contributed by atoms with Gasteiger partial charge in [-0.05, 0) is 30.3 Å². The predicted octanol–water partition coefficient (Wildman–Crippen LogP) is 9.51. The summed E-state index contributed by atoms with van der Waals surface area (Å²) in [5, 5.41) is 6.01. The van der Waals surface area contributed by atoms with Crippen LogP contribution in [0.5, 0.6) is 0 Å². The SMILES string of the molecule is c1ccc(-c2nc(-n3c4ccccc4c4c5sc6ccccc6c5ccc43)nc3c2oc2ccccc23)cc1. The van der Waals surface area contributed by atoms with Crippen molar-refractivity contribution in [1.82, 2.24) is 14.5 Å². The highest BCUT2D eigenvalue weighted by atomic mass is 32.1. The normalized spacial score (nSPS) is 12.1. The molecule has 0 atom stereocenters. The van der Waals surface area contributed by atoms with E-state index in [1.165, 1.54) is 30.9 Å². The molecule has 5 heteroatoms. The van der Waals surface area contributed by atoms with E-state index in [0.29, 0.717) is 11.5 Å². The van der Waals surface area contributed by atoms with Gasteiger partial charge in [-0.2, -0.15) is 0 Å². The Morgan fingerprint density at radius 3 is 2.23 bits per heavy atom. The Morgan fingerprint density at radius 1 is 0.590 bits per heavy atom. The van der Waals surface area contributed by atoms with Crippen LogP contribution in [0.25, 0.3) is 81.3 Å². The lowest BCUT2D eigenvalue weighted by Crippen LogP contribution is -2.02. The van der Waals surface area contributed by atoms with E-state index in [0.717, 1.165) is 38.8 Å². The van der Waals surface area contributed by atoms with Crippen molar-refractivity contribution in [2.24, 2.45) is 0 Å². The lowest BCUT2D eigenvalue weighted by molar-refractivity contribution is 0.666. The summed E-state index contributed by atoms with van der Waals surface area (Å²) in [5.41, 5.74) is 6.32. The van der Waals surface area contributed by atoms with Crippen molar-refractivity contribution in [2.75, 3.05) is 0 Å². The van der Waals surface area contributed by atoms with Crippen molar-refractivity contribution in [3.8, 4) is 17.2 Å². The van der Waals surface area contributed by atoms with Gasteiger partial charge in [0.1, 0.15) is 16.8 Å². The molecule has 9 aromatic rings. The number of hydrogen-bond donors (Lipinski definition) is 0. The molecule has 0 radical (unpaired) electrons. The highest BCUT2D eigenvalue weighted by molar-refractivity contribution is 7.26. The average molecular weight is 518 g/mol. The first kappa shape index (κ1) is 21.0. The molecule has 0 saturated heterocycles. The number of rotatable bonds is 2. The van der Waals surface area contributed by atoms with Gasteiger partial charge < -0.3 is 4.42 Å². The van der Waals surface area contributed by atoms with Crippen LogP contribution < -0.4 is 0 Å². The molecule has 4 aromatic heterocycles. The fraction of sp³-hybridized carbons (Fsp3) is 0. The molecular formula is C34H19N3OS. The second-order valence-electron chi connectivity index (χ2n) is 9.80. The molecule has 0 N–H and O–H groups in total.